The van der Waals surface area contributed by atoms with E-state index in [2.05, 4.69) is 10.2 Å². The Morgan fingerprint density at radius 1 is 1.18 bits per heavy atom. The van der Waals surface area contributed by atoms with Crippen molar-refractivity contribution in [1.29, 1.82) is 0 Å². The third-order valence-electron chi connectivity index (χ3n) is 4.92. The number of nitrogens with zero attached hydrogens (tertiary/aromatic N) is 2. The summed E-state index contributed by atoms with van der Waals surface area (Å²) in [6, 6.07) is 1.86. The molecule has 1 aliphatic heterocycles. The minimum atomic E-state index is -0.817. The highest BCUT2D eigenvalue weighted by Gasteiger charge is 2.30. The molecule has 1 aromatic rings. The summed E-state index contributed by atoms with van der Waals surface area (Å²) >= 11 is 0. The molecule has 1 aliphatic carbocycles. The third-order valence-corrected chi connectivity index (χ3v) is 4.92. The van der Waals surface area contributed by atoms with Crippen LogP contribution in [0.15, 0.2) is 6.07 Å². The van der Waals surface area contributed by atoms with E-state index >= 15 is 0 Å². The minimum Gasteiger partial charge on any atom is -0.481 e. The van der Waals surface area contributed by atoms with Crippen molar-refractivity contribution in [3.63, 3.8) is 0 Å². The minimum absolute atomic E-state index is 0.149. The van der Waals surface area contributed by atoms with Crippen molar-refractivity contribution in [1.82, 2.24) is 15.1 Å². The lowest BCUT2D eigenvalue weighted by Crippen LogP contribution is -2.42. The van der Waals surface area contributed by atoms with Gasteiger partial charge in [0.2, 0.25) is 0 Å². The van der Waals surface area contributed by atoms with E-state index in [4.69, 9.17) is 5.11 Å². The first-order valence-electron chi connectivity index (χ1n) is 8.22. The molecular weight excluding hydrogens is 282 g/mol. The molecule has 1 saturated heterocycles. The van der Waals surface area contributed by atoms with Crippen LogP contribution in [0.2, 0.25) is 0 Å². The fourth-order valence-electron chi connectivity index (χ4n) is 3.59. The van der Waals surface area contributed by atoms with Gasteiger partial charge in [-0.15, -0.1) is 0 Å². The van der Waals surface area contributed by atoms with Gasteiger partial charge in [-0.05, 0) is 31.7 Å². The van der Waals surface area contributed by atoms with Gasteiger partial charge in [0, 0.05) is 24.7 Å². The molecule has 0 radical (unpaired) electrons. The average Bonchev–Trinajstić information content (AvgIpc) is 3.05. The molecule has 2 aliphatic rings. The Balaban J connectivity index is 1.67. The molecule has 1 unspecified atom stereocenters. The number of amides is 1. The fraction of sp³-hybridized carbons (Fsp3) is 0.688. The Labute approximate surface area is 129 Å². The highest BCUT2D eigenvalue weighted by atomic mass is 16.4. The second-order valence-corrected chi connectivity index (χ2v) is 6.47. The predicted molar refractivity (Wildman–Crippen MR) is 80.7 cm³/mol. The molecule has 1 amide bonds. The first-order valence-corrected chi connectivity index (χ1v) is 8.22. The molecular formula is C16H23N3O3. The van der Waals surface area contributed by atoms with Gasteiger partial charge in [-0.2, -0.15) is 5.10 Å². The van der Waals surface area contributed by atoms with Crippen LogP contribution in [0.4, 0.5) is 0 Å². The molecule has 3 rings (SSSR count). The number of aromatic nitrogens is 2. The van der Waals surface area contributed by atoms with Crippen molar-refractivity contribution in [2.24, 2.45) is 5.92 Å². The summed E-state index contributed by atoms with van der Waals surface area (Å²) in [7, 11) is 0. The fourth-order valence-corrected chi connectivity index (χ4v) is 3.59. The normalized spacial score (nSPS) is 23.5. The van der Waals surface area contributed by atoms with Gasteiger partial charge >= 0.3 is 5.97 Å². The zero-order valence-electron chi connectivity index (χ0n) is 12.8. The van der Waals surface area contributed by atoms with E-state index in [1.54, 1.807) is 4.90 Å². The summed E-state index contributed by atoms with van der Waals surface area (Å²) in [6.45, 7) is 0.911. The van der Waals surface area contributed by atoms with E-state index in [9.17, 15) is 9.59 Å². The average molecular weight is 305 g/mol. The first-order chi connectivity index (χ1) is 10.6. The number of H-pyrrole nitrogens is 1. The maximum atomic E-state index is 12.5. The van der Waals surface area contributed by atoms with Crippen LogP contribution in [0, 0.1) is 5.92 Å². The van der Waals surface area contributed by atoms with E-state index in [-0.39, 0.29) is 5.91 Å². The van der Waals surface area contributed by atoms with Gasteiger partial charge in [-0.3, -0.25) is 14.7 Å². The molecule has 2 fully saturated rings. The van der Waals surface area contributed by atoms with Gasteiger partial charge in [0.15, 0.2) is 0 Å². The largest absolute Gasteiger partial charge is 0.481 e. The second-order valence-electron chi connectivity index (χ2n) is 6.47. The summed E-state index contributed by atoms with van der Waals surface area (Å²) < 4.78 is 0. The molecule has 6 nitrogen and oxygen atoms in total. The maximum Gasteiger partial charge on any atom is 0.308 e. The lowest BCUT2D eigenvalue weighted by molar-refractivity contribution is -0.143. The number of likely N-dealkylation sites (tertiary alicyclic amines) is 1. The van der Waals surface area contributed by atoms with E-state index in [0.29, 0.717) is 31.1 Å². The molecule has 0 bridgehead atoms. The molecule has 6 heteroatoms. The van der Waals surface area contributed by atoms with Gasteiger partial charge in [0.1, 0.15) is 5.69 Å². The Bertz CT molecular complexity index is 549. The number of nitrogens with one attached hydrogen (secondary N) is 1. The van der Waals surface area contributed by atoms with Gasteiger partial charge in [-0.25, -0.2) is 0 Å². The van der Waals surface area contributed by atoms with Crippen molar-refractivity contribution in [2.45, 2.75) is 50.9 Å². The Kier molecular flexibility index (Phi) is 4.45. The van der Waals surface area contributed by atoms with E-state index < -0.39 is 11.9 Å². The van der Waals surface area contributed by atoms with Crippen LogP contribution < -0.4 is 0 Å². The first kappa shape index (κ1) is 15.1. The van der Waals surface area contributed by atoms with Gasteiger partial charge in [0.25, 0.3) is 5.91 Å². The van der Waals surface area contributed by atoms with Crippen molar-refractivity contribution in [2.75, 3.05) is 13.1 Å². The van der Waals surface area contributed by atoms with E-state index in [1.807, 2.05) is 6.07 Å². The van der Waals surface area contributed by atoms with Crippen molar-refractivity contribution in [3.05, 3.63) is 17.5 Å². The number of carbonyl (C=O) groups is 2. The summed E-state index contributed by atoms with van der Waals surface area (Å²) in [4.78, 5) is 25.3. The number of rotatable bonds is 3. The van der Waals surface area contributed by atoms with Crippen molar-refractivity contribution < 1.29 is 14.7 Å². The van der Waals surface area contributed by atoms with Crippen LogP contribution in [0.5, 0.6) is 0 Å². The quantitative estimate of drug-likeness (QED) is 0.897. The van der Waals surface area contributed by atoms with E-state index in [1.165, 1.54) is 19.3 Å². The smallest absolute Gasteiger partial charge is 0.308 e. The van der Waals surface area contributed by atoms with Crippen molar-refractivity contribution >= 4 is 11.9 Å². The molecule has 1 atom stereocenters. The highest BCUT2D eigenvalue weighted by molar-refractivity contribution is 5.92. The Morgan fingerprint density at radius 3 is 2.68 bits per heavy atom. The number of hydrogen-bond acceptors (Lipinski definition) is 3. The van der Waals surface area contributed by atoms with Gasteiger partial charge in [-0.1, -0.05) is 19.3 Å². The summed E-state index contributed by atoms with van der Waals surface area (Å²) in [6.07, 6.45) is 7.45. The van der Waals surface area contributed by atoms with E-state index in [0.717, 1.165) is 25.0 Å². The van der Waals surface area contributed by atoms with Gasteiger partial charge in [0.05, 0.1) is 5.92 Å². The molecule has 2 heterocycles. The standard InChI is InChI=1S/C16H23N3O3/c20-15(19-8-4-7-12(10-19)16(21)22)14-9-13(17-18-14)11-5-2-1-3-6-11/h9,11-12H,1-8,10H2,(H,17,18)(H,21,22). The number of carboxylic acid groups (broad SMARTS) is 1. The third kappa shape index (κ3) is 3.15. The van der Waals surface area contributed by atoms with Crippen LogP contribution in [-0.2, 0) is 4.79 Å². The van der Waals surface area contributed by atoms with Crippen LogP contribution in [0.3, 0.4) is 0 Å². The van der Waals surface area contributed by atoms with Crippen molar-refractivity contribution in [3.8, 4) is 0 Å². The number of carboxylic acids is 1. The van der Waals surface area contributed by atoms with Crippen LogP contribution in [-0.4, -0.2) is 45.2 Å². The monoisotopic (exact) mass is 305 g/mol. The molecule has 120 valence electrons. The lowest BCUT2D eigenvalue weighted by atomic mass is 9.87. The lowest BCUT2D eigenvalue weighted by Gasteiger charge is -2.30. The summed E-state index contributed by atoms with van der Waals surface area (Å²) in [5, 5.41) is 16.3. The number of hydrogen-bond donors (Lipinski definition) is 2. The number of carbonyl (C=O) groups excluding carboxylic acids is 1. The summed E-state index contributed by atoms with van der Waals surface area (Å²) in [5.74, 6) is -0.933. The summed E-state index contributed by atoms with van der Waals surface area (Å²) in [5.41, 5.74) is 1.47. The SMILES string of the molecule is O=C(O)C1CCCN(C(=O)c2cc(C3CCCCC3)[nH]n2)C1. The number of piperidine rings is 1. The topological polar surface area (TPSA) is 86.3 Å². The molecule has 0 aromatic carbocycles. The Morgan fingerprint density at radius 2 is 1.95 bits per heavy atom. The molecule has 1 aromatic heterocycles. The molecule has 2 N–H and O–H groups in total. The van der Waals surface area contributed by atoms with Crippen LogP contribution >= 0.6 is 0 Å². The van der Waals surface area contributed by atoms with Gasteiger partial charge < -0.3 is 10.0 Å². The predicted octanol–water partition coefficient (Wildman–Crippen LogP) is 2.39. The zero-order valence-corrected chi connectivity index (χ0v) is 12.8. The molecule has 22 heavy (non-hydrogen) atoms. The molecule has 0 spiro atoms. The molecule has 1 saturated carbocycles. The highest BCUT2D eigenvalue weighted by Crippen LogP contribution is 2.31. The van der Waals surface area contributed by atoms with Crippen LogP contribution in [0.1, 0.15) is 67.0 Å². The van der Waals surface area contributed by atoms with Crippen LogP contribution in [0.25, 0.3) is 0 Å². The maximum absolute atomic E-state index is 12.5. The Hall–Kier alpha value is -1.85. The second kappa shape index (κ2) is 6.50. The zero-order chi connectivity index (χ0) is 15.5. The number of aromatic amines is 1. The number of aliphatic carboxylic acids is 1.